The summed E-state index contributed by atoms with van der Waals surface area (Å²) in [4.78, 5) is 15.2. The molecule has 2 aromatic carbocycles. The molecule has 0 bridgehead atoms. The number of ether oxygens (including phenoxy) is 1. The summed E-state index contributed by atoms with van der Waals surface area (Å²) in [7, 11) is 0. The first-order chi connectivity index (χ1) is 16.3. The predicted molar refractivity (Wildman–Crippen MR) is 119 cm³/mol. The van der Waals surface area contributed by atoms with Crippen LogP contribution in [0.3, 0.4) is 0 Å². The minimum atomic E-state index is -4.80. The maximum atomic E-state index is 13.8. The first kappa shape index (κ1) is 21.9. The van der Waals surface area contributed by atoms with Crippen LogP contribution in [0.1, 0.15) is 17.5 Å². The summed E-state index contributed by atoms with van der Waals surface area (Å²) in [6, 6.07) is 14.2. The van der Waals surface area contributed by atoms with Crippen molar-refractivity contribution in [3.63, 3.8) is 0 Å². The van der Waals surface area contributed by atoms with Crippen LogP contribution < -0.4 is 10.5 Å². The zero-order valence-corrected chi connectivity index (χ0v) is 17.8. The van der Waals surface area contributed by atoms with Gasteiger partial charge in [0.1, 0.15) is 17.4 Å². The molecular weight excluding hydrogens is 450 g/mol. The van der Waals surface area contributed by atoms with Gasteiger partial charge in [-0.1, -0.05) is 30.3 Å². The number of fused-ring (bicyclic) bond motifs is 1. The van der Waals surface area contributed by atoms with E-state index in [-0.39, 0.29) is 11.7 Å². The van der Waals surface area contributed by atoms with Gasteiger partial charge in [0.15, 0.2) is 11.5 Å². The number of guanidine groups is 1. The number of amidine groups is 1. The highest BCUT2D eigenvalue weighted by atomic mass is 19.4. The number of halogens is 4. The van der Waals surface area contributed by atoms with E-state index in [2.05, 4.69) is 9.72 Å². The lowest BCUT2D eigenvalue weighted by atomic mass is 9.81. The standard InChI is InChI=1S/C24H19F4N5O/c25-19-12-16(13-30-14-19)15-3-1-4-18(11-15)23(21-31-9-2-10-33(21)22(29)32-23)17-5-7-20(8-6-17)34-24(26,27)28/h1,3-8,11-14H,2,9-10H2,(H2,29,32). The van der Waals surface area contributed by atoms with Crippen molar-refractivity contribution in [3.05, 3.63) is 83.9 Å². The molecule has 0 aliphatic carbocycles. The Labute approximate surface area is 192 Å². The minimum Gasteiger partial charge on any atom is -0.406 e. The number of nitrogens with zero attached hydrogens (tertiary/aromatic N) is 4. The molecule has 174 valence electrons. The van der Waals surface area contributed by atoms with Crippen LogP contribution in [0.5, 0.6) is 5.75 Å². The molecule has 0 amide bonds. The molecule has 3 heterocycles. The third-order valence-corrected chi connectivity index (χ3v) is 5.76. The van der Waals surface area contributed by atoms with Gasteiger partial charge in [0.05, 0.1) is 6.20 Å². The van der Waals surface area contributed by atoms with Crippen LogP contribution in [0.15, 0.2) is 77.0 Å². The Morgan fingerprint density at radius 2 is 1.76 bits per heavy atom. The SMILES string of the molecule is NC1=NC(c2ccc(OC(F)(F)F)cc2)(c2cccc(-c3cncc(F)c3)c2)C2=NCCCN12. The number of nitrogens with two attached hydrogens (primary N) is 1. The van der Waals surface area contributed by atoms with Gasteiger partial charge in [0.2, 0.25) is 0 Å². The molecular formula is C24H19F4N5O. The molecule has 0 fully saturated rings. The van der Waals surface area contributed by atoms with Gasteiger partial charge in [-0.15, -0.1) is 13.2 Å². The Morgan fingerprint density at radius 3 is 2.50 bits per heavy atom. The van der Waals surface area contributed by atoms with E-state index in [4.69, 9.17) is 15.7 Å². The van der Waals surface area contributed by atoms with Crippen molar-refractivity contribution in [1.82, 2.24) is 9.88 Å². The summed E-state index contributed by atoms with van der Waals surface area (Å²) >= 11 is 0. The maximum absolute atomic E-state index is 13.8. The second-order valence-electron chi connectivity index (χ2n) is 7.94. The Bertz CT molecular complexity index is 1290. The molecule has 2 aliphatic heterocycles. The summed E-state index contributed by atoms with van der Waals surface area (Å²) in [5.74, 6) is 0.0503. The molecule has 0 saturated carbocycles. The van der Waals surface area contributed by atoms with Crippen LogP contribution in [0.4, 0.5) is 17.6 Å². The molecule has 2 aliphatic rings. The van der Waals surface area contributed by atoms with Gasteiger partial charge in [0, 0.05) is 24.8 Å². The van der Waals surface area contributed by atoms with Crippen LogP contribution in [0.25, 0.3) is 11.1 Å². The molecule has 0 saturated heterocycles. The average molecular weight is 469 g/mol. The second-order valence-corrected chi connectivity index (χ2v) is 7.94. The molecule has 34 heavy (non-hydrogen) atoms. The second kappa shape index (κ2) is 8.12. The van der Waals surface area contributed by atoms with E-state index in [9.17, 15) is 17.6 Å². The molecule has 3 aromatic rings. The molecule has 5 rings (SSSR count). The number of rotatable bonds is 4. The van der Waals surface area contributed by atoms with Gasteiger partial charge in [-0.2, -0.15) is 0 Å². The molecule has 2 N–H and O–H groups in total. The highest BCUT2D eigenvalue weighted by Crippen LogP contribution is 2.43. The highest BCUT2D eigenvalue weighted by Gasteiger charge is 2.49. The van der Waals surface area contributed by atoms with Crippen LogP contribution in [0.2, 0.25) is 0 Å². The van der Waals surface area contributed by atoms with Crippen molar-refractivity contribution in [2.45, 2.75) is 18.3 Å². The van der Waals surface area contributed by atoms with Crippen molar-refractivity contribution in [3.8, 4) is 16.9 Å². The van der Waals surface area contributed by atoms with Crippen molar-refractivity contribution >= 4 is 11.8 Å². The predicted octanol–water partition coefficient (Wildman–Crippen LogP) is 4.46. The maximum Gasteiger partial charge on any atom is 0.573 e. The van der Waals surface area contributed by atoms with Crippen molar-refractivity contribution < 1.29 is 22.3 Å². The Balaban J connectivity index is 1.67. The lowest BCUT2D eigenvalue weighted by Crippen LogP contribution is -2.46. The quantitative estimate of drug-likeness (QED) is 0.573. The van der Waals surface area contributed by atoms with Crippen LogP contribution in [0, 0.1) is 5.82 Å². The van der Waals surface area contributed by atoms with E-state index >= 15 is 0 Å². The number of aromatic nitrogens is 1. The number of hydrogen-bond donors (Lipinski definition) is 1. The van der Waals surface area contributed by atoms with Crippen molar-refractivity contribution in [1.29, 1.82) is 0 Å². The fourth-order valence-electron chi connectivity index (χ4n) is 4.37. The van der Waals surface area contributed by atoms with Crippen molar-refractivity contribution in [2.75, 3.05) is 13.1 Å². The summed E-state index contributed by atoms with van der Waals surface area (Å²) in [6.07, 6.45) is -1.33. The lowest BCUT2D eigenvalue weighted by molar-refractivity contribution is -0.274. The Morgan fingerprint density at radius 1 is 0.971 bits per heavy atom. The largest absolute Gasteiger partial charge is 0.573 e. The summed E-state index contributed by atoms with van der Waals surface area (Å²) < 4.78 is 55.8. The number of hydrogen-bond acceptors (Lipinski definition) is 6. The van der Waals surface area contributed by atoms with E-state index in [0.717, 1.165) is 12.6 Å². The molecule has 1 aromatic heterocycles. The third-order valence-electron chi connectivity index (χ3n) is 5.76. The smallest absolute Gasteiger partial charge is 0.406 e. The summed E-state index contributed by atoms with van der Waals surface area (Å²) in [5.41, 5.74) is 7.63. The zero-order chi connectivity index (χ0) is 23.9. The molecule has 1 unspecified atom stereocenters. The van der Waals surface area contributed by atoms with Gasteiger partial charge in [0.25, 0.3) is 0 Å². The van der Waals surface area contributed by atoms with Gasteiger partial charge in [-0.05, 0) is 47.4 Å². The first-order valence-electron chi connectivity index (χ1n) is 10.5. The average Bonchev–Trinajstić information content (AvgIpc) is 3.12. The molecule has 0 spiro atoms. The van der Waals surface area contributed by atoms with Gasteiger partial charge < -0.3 is 10.5 Å². The Hall–Kier alpha value is -3.95. The summed E-state index contributed by atoms with van der Waals surface area (Å²) in [6.45, 7) is 1.19. The van der Waals surface area contributed by atoms with E-state index in [1.165, 1.54) is 30.3 Å². The van der Waals surface area contributed by atoms with Crippen LogP contribution >= 0.6 is 0 Å². The Kier molecular flexibility index (Phi) is 5.22. The number of pyridine rings is 1. The van der Waals surface area contributed by atoms with E-state index in [1.807, 2.05) is 23.1 Å². The van der Waals surface area contributed by atoms with Crippen LogP contribution in [-0.2, 0) is 5.54 Å². The van der Waals surface area contributed by atoms with Crippen molar-refractivity contribution in [2.24, 2.45) is 15.7 Å². The van der Waals surface area contributed by atoms with E-state index in [0.29, 0.717) is 41.2 Å². The molecule has 10 heteroatoms. The van der Waals surface area contributed by atoms with Gasteiger partial charge >= 0.3 is 6.36 Å². The molecule has 6 nitrogen and oxygen atoms in total. The zero-order valence-electron chi connectivity index (χ0n) is 17.8. The van der Waals surface area contributed by atoms with Crippen LogP contribution in [-0.4, -0.2) is 41.1 Å². The number of aliphatic imine (C=N–C) groups is 2. The van der Waals surface area contributed by atoms with E-state index < -0.39 is 17.7 Å². The number of alkyl halides is 3. The number of benzene rings is 2. The fourth-order valence-corrected chi connectivity index (χ4v) is 4.37. The normalized spacial score (nSPS) is 19.9. The van der Waals surface area contributed by atoms with E-state index in [1.54, 1.807) is 12.3 Å². The fraction of sp³-hybridized carbons (Fsp3) is 0.208. The third kappa shape index (κ3) is 3.85. The molecule has 1 atom stereocenters. The topological polar surface area (TPSA) is 76.1 Å². The van der Waals surface area contributed by atoms with Gasteiger partial charge in [-0.25, -0.2) is 9.38 Å². The monoisotopic (exact) mass is 469 g/mol. The van der Waals surface area contributed by atoms with Gasteiger partial charge in [-0.3, -0.25) is 14.9 Å². The molecule has 0 radical (unpaired) electrons. The lowest BCUT2D eigenvalue weighted by Gasteiger charge is -2.33. The summed E-state index contributed by atoms with van der Waals surface area (Å²) in [5, 5.41) is 0. The minimum absolute atomic E-state index is 0.270. The first-order valence-corrected chi connectivity index (χ1v) is 10.5. The highest BCUT2D eigenvalue weighted by molar-refractivity contribution is 6.12.